The van der Waals surface area contributed by atoms with E-state index in [4.69, 9.17) is 16.3 Å². The first-order chi connectivity index (χ1) is 18.2. The van der Waals surface area contributed by atoms with Crippen molar-refractivity contribution in [3.63, 3.8) is 0 Å². The fourth-order valence-corrected chi connectivity index (χ4v) is 6.30. The molecule has 8 heteroatoms. The van der Waals surface area contributed by atoms with E-state index in [0.717, 1.165) is 22.6 Å². The quantitative estimate of drug-likeness (QED) is 0.325. The molecule has 0 saturated heterocycles. The average Bonchev–Trinajstić information content (AvgIpc) is 3.33. The topological polar surface area (TPSA) is 65.6 Å². The third-order valence-corrected chi connectivity index (χ3v) is 8.06. The van der Waals surface area contributed by atoms with E-state index in [-0.39, 0.29) is 12.2 Å². The van der Waals surface area contributed by atoms with Crippen LogP contribution < -0.4 is 14.9 Å². The van der Waals surface area contributed by atoms with Crippen LogP contribution in [0.1, 0.15) is 48.0 Å². The fourth-order valence-electron chi connectivity index (χ4n) is 5.02. The van der Waals surface area contributed by atoms with Crippen molar-refractivity contribution in [3.8, 4) is 5.69 Å². The first kappa shape index (κ1) is 25.9. The summed E-state index contributed by atoms with van der Waals surface area (Å²) in [7, 11) is 0. The smallest absolute Gasteiger partial charge is 0.338 e. The molecule has 0 saturated carbocycles. The maximum Gasteiger partial charge on any atom is 0.338 e. The second kappa shape index (κ2) is 10.2. The molecular formula is C30H28ClN3O3S. The van der Waals surface area contributed by atoms with Crippen molar-refractivity contribution in [2.75, 3.05) is 6.61 Å². The van der Waals surface area contributed by atoms with Gasteiger partial charge in [-0.2, -0.15) is 0 Å². The molecule has 194 valence electrons. The van der Waals surface area contributed by atoms with Crippen molar-refractivity contribution in [2.24, 2.45) is 4.99 Å². The van der Waals surface area contributed by atoms with E-state index >= 15 is 0 Å². The molecule has 1 aliphatic heterocycles. The second-order valence-electron chi connectivity index (χ2n) is 9.32. The highest BCUT2D eigenvalue weighted by Gasteiger charge is 2.34. The van der Waals surface area contributed by atoms with Gasteiger partial charge in [0.2, 0.25) is 0 Å². The molecule has 5 rings (SSSR count). The summed E-state index contributed by atoms with van der Waals surface area (Å²) in [5, 5.41) is 0.463. The van der Waals surface area contributed by atoms with Crippen LogP contribution in [-0.4, -0.2) is 21.7 Å². The van der Waals surface area contributed by atoms with Crippen molar-refractivity contribution in [1.29, 1.82) is 0 Å². The molecule has 1 atom stereocenters. The zero-order valence-electron chi connectivity index (χ0n) is 21.9. The SMILES string of the molecule is CCOC(=O)C1=C(C)N=c2s/c(=C\c3cc(C)n(-c4cccc(C)c4)c3C)c(=O)n2[C@@H]1c1ccccc1Cl. The normalized spacial score (nSPS) is 15.4. The third kappa shape index (κ3) is 4.46. The molecule has 0 N–H and O–H groups in total. The van der Waals surface area contributed by atoms with Crippen LogP contribution in [0.5, 0.6) is 0 Å². The number of carbonyl (C=O) groups is 1. The summed E-state index contributed by atoms with van der Waals surface area (Å²) in [6.07, 6.45) is 1.91. The molecule has 0 unspecified atom stereocenters. The van der Waals surface area contributed by atoms with Crippen LogP contribution in [0, 0.1) is 20.8 Å². The number of nitrogens with zero attached hydrogens (tertiary/aromatic N) is 3. The molecule has 1 aliphatic rings. The predicted octanol–water partition coefficient (Wildman–Crippen LogP) is 5.17. The average molecular weight is 546 g/mol. The summed E-state index contributed by atoms with van der Waals surface area (Å²) in [5.41, 5.74) is 6.56. The Labute approximate surface area is 229 Å². The van der Waals surface area contributed by atoms with Crippen LogP contribution in [0.15, 0.2) is 75.7 Å². The Hall–Kier alpha value is -3.68. The lowest BCUT2D eigenvalue weighted by atomic mass is 9.96. The van der Waals surface area contributed by atoms with Crippen LogP contribution >= 0.6 is 22.9 Å². The highest BCUT2D eigenvalue weighted by Crippen LogP contribution is 2.34. The van der Waals surface area contributed by atoms with E-state index in [1.807, 2.05) is 37.3 Å². The third-order valence-electron chi connectivity index (χ3n) is 6.73. The zero-order chi connectivity index (χ0) is 27.1. The summed E-state index contributed by atoms with van der Waals surface area (Å²) in [5.74, 6) is -0.505. The minimum Gasteiger partial charge on any atom is -0.463 e. The predicted molar refractivity (Wildman–Crippen MR) is 152 cm³/mol. The molecule has 0 spiro atoms. The minimum absolute atomic E-state index is 0.214. The maximum absolute atomic E-state index is 13.9. The number of fused-ring (bicyclic) bond motifs is 1. The summed E-state index contributed by atoms with van der Waals surface area (Å²) >= 11 is 7.89. The Kier molecular flexibility index (Phi) is 6.99. The molecule has 4 aromatic rings. The lowest BCUT2D eigenvalue weighted by Gasteiger charge is -2.25. The van der Waals surface area contributed by atoms with Gasteiger partial charge >= 0.3 is 5.97 Å². The first-order valence-corrected chi connectivity index (χ1v) is 13.6. The van der Waals surface area contributed by atoms with Gasteiger partial charge in [0, 0.05) is 22.1 Å². The highest BCUT2D eigenvalue weighted by molar-refractivity contribution is 7.07. The van der Waals surface area contributed by atoms with E-state index in [0.29, 0.717) is 31.2 Å². The number of carbonyl (C=O) groups excluding carboxylic acids is 1. The number of hydrogen-bond donors (Lipinski definition) is 0. The Bertz CT molecular complexity index is 1790. The van der Waals surface area contributed by atoms with Crippen molar-refractivity contribution in [2.45, 2.75) is 40.7 Å². The van der Waals surface area contributed by atoms with Crippen molar-refractivity contribution < 1.29 is 9.53 Å². The van der Waals surface area contributed by atoms with Crippen LogP contribution in [0.25, 0.3) is 11.8 Å². The molecule has 2 aromatic heterocycles. The number of thiazole rings is 1. The van der Waals surface area contributed by atoms with Crippen LogP contribution in [0.3, 0.4) is 0 Å². The second-order valence-corrected chi connectivity index (χ2v) is 10.7. The standard InChI is InChI=1S/C30H28ClN3O3S/c1-6-37-29(36)26-19(4)32-30-34(27(26)23-12-7-8-13-24(23)31)28(35)25(38-30)16-21-15-18(3)33(20(21)5)22-11-9-10-17(2)14-22/h7-16,27H,6H2,1-5H3/b25-16-/t27-/m1/s1. The summed E-state index contributed by atoms with van der Waals surface area (Å²) < 4.78 is 9.64. The number of allylic oxidation sites excluding steroid dienone is 1. The van der Waals surface area contributed by atoms with Gasteiger partial charge in [-0.3, -0.25) is 9.36 Å². The van der Waals surface area contributed by atoms with Crippen LogP contribution in [0.4, 0.5) is 0 Å². The number of halogens is 1. The summed E-state index contributed by atoms with van der Waals surface area (Å²) in [4.78, 5) is 32.2. The number of aromatic nitrogens is 2. The molecule has 2 aromatic carbocycles. The molecule has 6 nitrogen and oxygen atoms in total. The molecule has 0 bridgehead atoms. The summed E-state index contributed by atoms with van der Waals surface area (Å²) in [6, 6.07) is 16.9. The molecular weight excluding hydrogens is 518 g/mol. The molecule has 0 radical (unpaired) electrons. The van der Waals surface area contributed by atoms with Gasteiger partial charge in [0.05, 0.1) is 22.4 Å². The van der Waals surface area contributed by atoms with Gasteiger partial charge in [-0.15, -0.1) is 0 Å². The van der Waals surface area contributed by atoms with Crippen molar-refractivity contribution >= 4 is 35.0 Å². The van der Waals surface area contributed by atoms with Gasteiger partial charge in [-0.05, 0) is 81.7 Å². The number of benzene rings is 2. The number of esters is 1. The number of ether oxygens (including phenoxy) is 1. The first-order valence-electron chi connectivity index (χ1n) is 12.4. The molecule has 0 fully saturated rings. The fraction of sp³-hybridized carbons (Fsp3) is 0.233. The Balaban J connectivity index is 1.71. The molecule has 3 heterocycles. The number of rotatable bonds is 5. The molecule has 0 amide bonds. The summed E-state index contributed by atoms with van der Waals surface area (Å²) in [6.45, 7) is 9.91. The van der Waals surface area contributed by atoms with E-state index in [1.54, 1.807) is 24.5 Å². The van der Waals surface area contributed by atoms with Gasteiger partial charge in [0.1, 0.15) is 6.04 Å². The van der Waals surface area contributed by atoms with Crippen LogP contribution in [0.2, 0.25) is 5.02 Å². The monoisotopic (exact) mass is 545 g/mol. The minimum atomic E-state index is -0.735. The van der Waals surface area contributed by atoms with E-state index in [9.17, 15) is 9.59 Å². The van der Waals surface area contributed by atoms with Gasteiger partial charge in [0.15, 0.2) is 4.80 Å². The van der Waals surface area contributed by atoms with E-state index in [2.05, 4.69) is 47.7 Å². The zero-order valence-corrected chi connectivity index (χ0v) is 23.5. The molecule has 0 aliphatic carbocycles. The van der Waals surface area contributed by atoms with Gasteiger partial charge < -0.3 is 9.30 Å². The number of hydrogen-bond acceptors (Lipinski definition) is 5. The highest BCUT2D eigenvalue weighted by atomic mass is 35.5. The van der Waals surface area contributed by atoms with Crippen molar-refractivity contribution in [1.82, 2.24) is 9.13 Å². The van der Waals surface area contributed by atoms with E-state index < -0.39 is 12.0 Å². The Morgan fingerprint density at radius 3 is 2.58 bits per heavy atom. The Morgan fingerprint density at radius 2 is 1.87 bits per heavy atom. The Morgan fingerprint density at radius 1 is 1.11 bits per heavy atom. The lowest BCUT2D eigenvalue weighted by molar-refractivity contribution is -0.139. The largest absolute Gasteiger partial charge is 0.463 e. The number of aryl methyl sites for hydroxylation is 2. The van der Waals surface area contributed by atoms with Gasteiger partial charge in [-0.1, -0.05) is 53.3 Å². The maximum atomic E-state index is 13.9. The van der Waals surface area contributed by atoms with Gasteiger partial charge in [0.25, 0.3) is 5.56 Å². The van der Waals surface area contributed by atoms with Crippen molar-refractivity contribution in [3.05, 3.63) is 119 Å². The molecule has 38 heavy (non-hydrogen) atoms. The lowest BCUT2D eigenvalue weighted by Crippen LogP contribution is -2.40. The van der Waals surface area contributed by atoms with Gasteiger partial charge in [-0.25, -0.2) is 9.79 Å². The van der Waals surface area contributed by atoms with Crippen LogP contribution in [-0.2, 0) is 9.53 Å². The van der Waals surface area contributed by atoms with E-state index in [1.165, 1.54) is 16.9 Å².